The van der Waals surface area contributed by atoms with E-state index in [1.54, 1.807) is 32.9 Å². The van der Waals surface area contributed by atoms with Crippen LogP contribution in [0.5, 0.6) is 11.5 Å². The van der Waals surface area contributed by atoms with Crippen LogP contribution in [0.1, 0.15) is 101 Å². The number of fused-ring (bicyclic) bond motifs is 2. The lowest BCUT2D eigenvalue weighted by Crippen LogP contribution is -2.62. The largest absolute Gasteiger partial charge is 0.508 e. The number of ether oxygens (including phenoxy) is 2. The van der Waals surface area contributed by atoms with Crippen LogP contribution in [0.3, 0.4) is 0 Å². The zero-order valence-electron chi connectivity index (χ0n) is 26.6. The van der Waals surface area contributed by atoms with Crippen molar-refractivity contribution in [3.8, 4) is 11.5 Å². The van der Waals surface area contributed by atoms with Gasteiger partial charge in [0.25, 0.3) is 0 Å². The minimum Gasteiger partial charge on any atom is -0.508 e. The van der Waals surface area contributed by atoms with E-state index in [0.717, 1.165) is 36.8 Å². The van der Waals surface area contributed by atoms with Gasteiger partial charge in [0.15, 0.2) is 5.69 Å². The number of hydrogen-bond acceptors (Lipinski definition) is 11. The molecule has 246 valence electrons. The van der Waals surface area contributed by atoms with Gasteiger partial charge < -0.3 is 34.7 Å². The van der Waals surface area contributed by atoms with Crippen LogP contribution in [0.2, 0.25) is 0 Å². The van der Waals surface area contributed by atoms with Gasteiger partial charge in [-0.3, -0.25) is 0 Å². The number of aromatic hydroxyl groups is 1. The summed E-state index contributed by atoms with van der Waals surface area (Å²) in [5.41, 5.74) is 1.49. The van der Waals surface area contributed by atoms with Gasteiger partial charge >= 0.3 is 5.97 Å². The van der Waals surface area contributed by atoms with Crippen LogP contribution in [0.25, 0.3) is 0 Å². The Hall–Kier alpha value is -3.48. The summed E-state index contributed by atoms with van der Waals surface area (Å²) in [6.07, 6.45) is 8.09. The smallest absolute Gasteiger partial charge is 0.358 e. The van der Waals surface area contributed by atoms with E-state index in [1.807, 2.05) is 6.92 Å². The summed E-state index contributed by atoms with van der Waals surface area (Å²) in [6.45, 7) is 7.67. The summed E-state index contributed by atoms with van der Waals surface area (Å²) in [6, 6.07) is 3.97. The Labute approximate surface area is 263 Å². The summed E-state index contributed by atoms with van der Waals surface area (Å²) in [5, 5.41) is 55.5. The molecular weight excluding hydrogens is 580 g/mol. The zero-order chi connectivity index (χ0) is 32.4. The molecule has 2 aliphatic carbocycles. The number of allylic oxidation sites excluding steroid dienone is 1. The number of hydrogen-bond donors (Lipinski definition) is 4. The lowest BCUT2D eigenvalue weighted by atomic mass is 9.55. The maximum Gasteiger partial charge on any atom is 0.358 e. The summed E-state index contributed by atoms with van der Waals surface area (Å²) in [4.78, 5) is 18.9. The molecule has 6 atom stereocenters. The first-order valence-electron chi connectivity index (χ1n) is 16.0. The first-order valence-corrected chi connectivity index (χ1v) is 16.0. The number of aliphatic hydroxyl groups excluding tert-OH is 2. The van der Waals surface area contributed by atoms with Crippen molar-refractivity contribution >= 4 is 11.7 Å². The second-order valence-electron chi connectivity index (χ2n) is 13.2. The predicted molar refractivity (Wildman–Crippen MR) is 165 cm³/mol. The number of carbonyl (C=O) groups excluding carboxylic acids is 1. The Bertz CT molecular complexity index is 1420. The van der Waals surface area contributed by atoms with Crippen molar-refractivity contribution < 1.29 is 39.5 Å². The van der Waals surface area contributed by atoms with Crippen molar-refractivity contribution in [3.63, 3.8) is 0 Å². The number of nitrogens with zero attached hydrogens (tertiary/aromatic N) is 4. The maximum atomic E-state index is 13.3. The molecule has 0 spiro atoms. The number of rotatable bonds is 12. The fourth-order valence-corrected chi connectivity index (χ4v) is 7.30. The Kier molecular flexibility index (Phi) is 9.85. The number of benzene rings is 1. The average Bonchev–Trinajstić information content (AvgIpc) is 3.47. The molecule has 0 unspecified atom stereocenters. The second-order valence-corrected chi connectivity index (χ2v) is 13.2. The van der Waals surface area contributed by atoms with Gasteiger partial charge in [0.1, 0.15) is 29.7 Å². The molecule has 1 saturated carbocycles. The first-order chi connectivity index (χ1) is 21.5. The van der Waals surface area contributed by atoms with Gasteiger partial charge in [-0.05, 0) is 89.0 Å². The van der Waals surface area contributed by atoms with E-state index in [1.165, 1.54) is 16.9 Å². The monoisotopic (exact) mass is 626 g/mol. The van der Waals surface area contributed by atoms with Crippen molar-refractivity contribution in [3.05, 3.63) is 47.3 Å². The number of aliphatic hydroxyl groups is 3. The van der Waals surface area contributed by atoms with E-state index in [4.69, 9.17) is 14.3 Å². The van der Waals surface area contributed by atoms with Gasteiger partial charge in [-0.1, -0.05) is 29.3 Å². The molecule has 1 aromatic carbocycles. The van der Waals surface area contributed by atoms with Crippen LogP contribution in [-0.4, -0.2) is 78.3 Å². The zero-order valence-corrected chi connectivity index (χ0v) is 26.6. The third-order valence-electron chi connectivity index (χ3n) is 9.04. The van der Waals surface area contributed by atoms with Gasteiger partial charge in [-0.15, -0.1) is 5.10 Å². The highest BCUT2D eigenvalue weighted by Crippen LogP contribution is 2.62. The van der Waals surface area contributed by atoms with Gasteiger partial charge in [-0.2, -0.15) is 0 Å². The van der Waals surface area contributed by atoms with Crippen LogP contribution < -0.4 is 4.74 Å². The van der Waals surface area contributed by atoms with Crippen molar-refractivity contribution in [1.82, 2.24) is 15.0 Å². The van der Waals surface area contributed by atoms with Crippen LogP contribution >= 0.6 is 0 Å². The third-order valence-corrected chi connectivity index (χ3v) is 9.04. The van der Waals surface area contributed by atoms with Crippen molar-refractivity contribution in [2.24, 2.45) is 22.9 Å². The van der Waals surface area contributed by atoms with Gasteiger partial charge in [-0.25, -0.2) is 9.48 Å². The highest BCUT2D eigenvalue weighted by molar-refractivity contribution is 6.02. The summed E-state index contributed by atoms with van der Waals surface area (Å²) >= 11 is 0. The molecule has 0 bridgehead atoms. The van der Waals surface area contributed by atoms with Crippen LogP contribution in [0.15, 0.2) is 41.2 Å². The molecule has 2 heterocycles. The Balaban J connectivity index is 1.70. The normalized spacial score (nSPS) is 28.1. The highest BCUT2D eigenvalue weighted by Gasteiger charge is 2.63. The van der Waals surface area contributed by atoms with E-state index in [0.29, 0.717) is 30.9 Å². The van der Waals surface area contributed by atoms with E-state index >= 15 is 0 Å². The van der Waals surface area contributed by atoms with Crippen LogP contribution in [0, 0.1) is 17.8 Å². The topological polar surface area (TPSA) is 169 Å². The number of carbonyl (C=O) groups is 1. The number of phenolic OH excluding ortho intramolecular Hbond substituents is 1. The van der Waals surface area contributed by atoms with Crippen LogP contribution in [0.4, 0.5) is 0 Å². The molecule has 1 fully saturated rings. The van der Waals surface area contributed by atoms with Gasteiger partial charge in [0.2, 0.25) is 5.79 Å². The minimum absolute atomic E-state index is 0.00753. The lowest BCUT2D eigenvalue weighted by molar-refractivity contribution is -0.225. The number of esters is 1. The lowest BCUT2D eigenvalue weighted by Gasteiger charge is -2.56. The molecule has 3 aliphatic rings. The quantitative estimate of drug-likeness (QED) is 0.152. The summed E-state index contributed by atoms with van der Waals surface area (Å²) < 4.78 is 13.6. The molecular formula is C33H46N4O8. The molecule has 0 saturated heterocycles. The van der Waals surface area contributed by atoms with E-state index in [-0.39, 0.29) is 48.8 Å². The molecule has 5 rings (SSSR count). The predicted octanol–water partition coefficient (Wildman–Crippen LogP) is 4.25. The Morgan fingerprint density at radius 1 is 1.16 bits per heavy atom. The standard InChI is InChI=1S/C33H46N4O8/c1-5-43-35-25-18-28(37-26(19-34-36-37)31(41)45-32(2,3)4)33(42)30-23(25)16-20(10-6-8-14-38)22(11-7-9-15-39)29(30)24-17-21(40)12-13-27(24)44-33/h12-13,16-17,19-20,22,28-30,38-40,42H,5-11,14-15,18H2,1-4H3/t20-,22+,28-,29+,30+,33+/m0/s1. The SMILES string of the molecule is CCON=C1C[C@H](n2nncc2C(=O)OC(C)(C)C)[C@@]2(O)Oc3ccc(O)cc3[C@H]3[C@H](CCCCO)[C@@H](CCCCO)C=C1[C@H]32. The average molecular weight is 627 g/mol. The van der Waals surface area contributed by atoms with E-state index in [2.05, 4.69) is 21.5 Å². The summed E-state index contributed by atoms with van der Waals surface area (Å²) in [5.74, 6) is -2.89. The molecule has 45 heavy (non-hydrogen) atoms. The van der Waals surface area contributed by atoms with Crippen molar-refractivity contribution in [2.45, 2.75) is 96.0 Å². The highest BCUT2D eigenvalue weighted by atomic mass is 16.6. The molecule has 12 nitrogen and oxygen atoms in total. The van der Waals surface area contributed by atoms with Crippen LogP contribution in [-0.2, 0) is 9.57 Å². The van der Waals surface area contributed by atoms with Crippen molar-refractivity contribution in [1.29, 1.82) is 0 Å². The molecule has 0 amide bonds. The third kappa shape index (κ3) is 6.59. The molecule has 4 N–H and O–H groups in total. The number of unbranched alkanes of at least 4 members (excludes halogenated alkanes) is 2. The number of oxime groups is 1. The fraction of sp³-hybridized carbons (Fsp3) is 0.636. The van der Waals surface area contributed by atoms with E-state index < -0.39 is 29.3 Å². The van der Waals surface area contributed by atoms with E-state index in [9.17, 15) is 25.2 Å². The molecule has 2 aromatic rings. The summed E-state index contributed by atoms with van der Waals surface area (Å²) in [7, 11) is 0. The molecule has 1 aliphatic heterocycles. The number of phenols is 1. The van der Waals surface area contributed by atoms with Crippen molar-refractivity contribution in [2.75, 3.05) is 19.8 Å². The fourth-order valence-electron chi connectivity index (χ4n) is 7.30. The Morgan fingerprint density at radius 3 is 2.58 bits per heavy atom. The Morgan fingerprint density at radius 2 is 1.89 bits per heavy atom. The molecule has 0 radical (unpaired) electrons. The van der Waals surface area contributed by atoms with Gasteiger partial charge in [0.05, 0.1) is 17.8 Å². The first kappa shape index (κ1) is 32.9. The second kappa shape index (κ2) is 13.5. The van der Waals surface area contributed by atoms with Gasteiger partial charge in [0, 0.05) is 31.1 Å². The molecule has 12 heteroatoms. The molecule has 1 aromatic heterocycles. The minimum atomic E-state index is -1.89. The number of aromatic nitrogens is 3. The maximum absolute atomic E-state index is 13.3.